The van der Waals surface area contributed by atoms with Crippen molar-refractivity contribution in [2.24, 2.45) is 0 Å². The first-order valence-corrected chi connectivity index (χ1v) is 11.5. The third-order valence-electron chi connectivity index (χ3n) is 5.03. The molecule has 9 heteroatoms. The summed E-state index contributed by atoms with van der Waals surface area (Å²) < 4.78 is 62.1. The number of nitrogens with one attached hydrogen (secondary N) is 1. The van der Waals surface area contributed by atoms with Crippen LogP contribution < -0.4 is 9.46 Å². The Balaban J connectivity index is 1.55. The SMILES string of the molecule is Cc1nn(Cc2cccc(Oc3ccccc3)c2)c(C)c1NS(=O)(=O)c1ccc(F)c(F)c1. The van der Waals surface area contributed by atoms with Gasteiger partial charge in [0.25, 0.3) is 10.0 Å². The highest BCUT2D eigenvalue weighted by molar-refractivity contribution is 7.92. The molecule has 4 rings (SSSR count). The number of aromatic nitrogens is 2. The number of hydrogen-bond acceptors (Lipinski definition) is 4. The summed E-state index contributed by atoms with van der Waals surface area (Å²) in [6.07, 6.45) is 0. The van der Waals surface area contributed by atoms with Gasteiger partial charge in [-0.3, -0.25) is 9.40 Å². The van der Waals surface area contributed by atoms with Gasteiger partial charge in [-0.2, -0.15) is 5.10 Å². The Kier molecular flexibility index (Phi) is 6.15. The van der Waals surface area contributed by atoms with E-state index in [1.54, 1.807) is 18.5 Å². The quantitative estimate of drug-likeness (QED) is 0.392. The van der Waals surface area contributed by atoms with Crippen LogP contribution >= 0.6 is 0 Å². The van der Waals surface area contributed by atoms with Crippen molar-refractivity contribution in [1.82, 2.24) is 9.78 Å². The lowest BCUT2D eigenvalue weighted by atomic mass is 10.2. The Bertz CT molecular complexity index is 1400. The van der Waals surface area contributed by atoms with E-state index >= 15 is 0 Å². The molecule has 0 fully saturated rings. The monoisotopic (exact) mass is 469 g/mol. The van der Waals surface area contributed by atoms with Crippen LogP contribution in [0.25, 0.3) is 0 Å². The molecule has 0 aliphatic rings. The summed E-state index contributed by atoms with van der Waals surface area (Å²) in [6.45, 7) is 3.78. The van der Waals surface area contributed by atoms with Gasteiger partial charge in [-0.05, 0) is 61.9 Å². The maximum atomic E-state index is 13.5. The lowest BCUT2D eigenvalue weighted by Crippen LogP contribution is -2.15. The molecule has 0 aliphatic carbocycles. The molecular formula is C24H21F2N3O3S. The molecule has 0 saturated heterocycles. The molecule has 0 radical (unpaired) electrons. The Hall–Kier alpha value is -3.72. The van der Waals surface area contributed by atoms with Gasteiger partial charge in [0.1, 0.15) is 11.5 Å². The van der Waals surface area contributed by atoms with Crippen LogP contribution in [0.3, 0.4) is 0 Å². The fourth-order valence-electron chi connectivity index (χ4n) is 3.34. The number of halogens is 2. The molecule has 0 amide bonds. The number of benzene rings is 3. The van der Waals surface area contributed by atoms with Crippen LogP contribution in [-0.4, -0.2) is 18.2 Å². The first kappa shape index (κ1) is 22.5. The molecule has 33 heavy (non-hydrogen) atoms. The summed E-state index contributed by atoms with van der Waals surface area (Å²) in [5, 5.41) is 4.44. The van der Waals surface area contributed by atoms with Crippen molar-refractivity contribution >= 4 is 15.7 Å². The minimum Gasteiger partial charge on any atom is -0.457 e. The van der Waals surface area contributed by atoms with Gasteiger partial charge in [-0.25, -0.2) is 17.2 Å². The number of anilines is 1. The molecule has 0 bridgehead atoms. The standard InChI is InChI=1S/C24H21F2N3O3S/c1-16-24(28-33(30,31)21-11-12-22(25)23(26)14-21)17(2)29(27-16)15-18-7-6-10-20(13-18)32-19-8-4-3-5-9-19/h3-14,28H,15H2,1-2H3. The van der Waals surface area contributed by atoms with E-state index in [2.05, 4.69) is 9.82 Å². The van der Waals surface area contributed by atoms with Crippen LogP contribution in [0.5, 0.6) is 11.5 Å². The summed E-state index contributed by atoms with van der Waals surface area (Å²) in [5.74, 6) is -0.971. The van der Waals surface area contributed by atoms with Crippen molar-refractivity contribution in [3.8, 4) is 11.5 Å². The highest BCUT2D eigenvalue weighted by atomic mass is 32.2. The lowest BCUT2D eigenvalue weighted by molar-refractivity contribution is 0.481. The van der Waals surface area contributed by atoms with Crippen molar-refractivity contribution in [3.63, 3.8) is 0 Å². The maximum Gasteiger partial charge on any atom is 0.262 e. The van der Waals surface area contributed by atoms with Crippen LogP contribution in [0.15, 0.2) is 77.7 Å². The van der Waals surface area contributed by atoms with E-state index < -0.39 is 21.7 Å². The average Bonchev–Trinajstić information content (AvgIpc) is 3.03. The Morgan fingerprint density at radius 2 is 1.64 bits per heavy atom. The van der Waals surface area contributed by atoms with Crippen LogP contribution in [-0.2, 0) is 16.6 Å². The fourth-order valence-corrected chi connectivity index (χ4v) is 4.53. The van der Waals surface area contributed by atoms with E-state index in [1.807, 2.05) is 54.6 Å². The smallest absolute Gasteiger partial charge is 0.262 e. The molecule has 1 heterocycles. The number of rotatable bonds is 7. The molecule has 170 valence electrons. The van der Waals surface area contributed by atoms with Crippen LogP contribution in [0.4, 0.5) is 14.5 Å². The predicted octanol–water partition coefficient (Wildman–Crippen LogP) is 5.42. The van der Waals surface area contributed by atoms with Crippen LogP contribution in [0.2, 0.25) is 0 Å². The zero-order valence-electron chi connectivity index (χ0n) is 17.9. The largest absolute Gasteiger partial charge is 0.457 e. The molecule has 0 atom stereocenters. The van der Waals surface area contributed by atoms with E-state index in [0.29, 0.717) is 29.7 Å². The van der Waals surface area contributed by atoms with Gasteiger partial charge in [-0.1, -0.05) is 30.3 Å². The zero-order chi connectivity index (χ0) is 23.6. The maximum absolute atomic E-state index is 13.5. The van der Waals surface area contributed by atoms with Gasteiger partial charge < -0.3 is 4.74 Å². The number of hydrogen-bond donors (Lipinski definition) is 1. The van der Waals surface area contributed by atoms with Gasteiger partial charge in [0, 0.05) is 0 Å². The number of aryl methyl sites for hydroxylation is 1. The minimum atomic E-state index is -4.13. The van der Waals surface area contributed by atoms with Crippen molar-refractivity contribution in [2.75, 3.05) is 4.72 Å². The van der Waals surface area contributed by atoms with Gasteiger partial charge in [-0.15, -0.1) is 0 Å². The molecule has 4 aromatic rings. The molecule has 3 aromatic carbocycles. The second-order valence-corrected chi connectivity index (χ2v) is 9.13. The second kappa shape index (κ2) is 9.03. The third-order valence-corrected chi connectivity index (χ3v) is 6.38. The molecule has 0 unspecified atom stereocenters. The highest BCUT2D eigenvalue weighted by Gasteiger charge is 2.21. The van der Waals surface area contributed by atoms with E-state index in [4.69, 9.17) is 4.74 Å². The summed E-state index contributed by atoms with van der Waals surface area (Å²) in [4.78, 5) is -0.376. The lowest BCUT2D eigenvalue weighted by Gasteiger charge is -2.10. The normalized spacial score (nSPS) is 11.4. The zero-order valence-corrected chi connectivity index (χ0v) is 18.7. The molecule has 1 N–H and O–H groups in total. The number of ether oxygens (including phenoxy) is 1. The predicted molar refractivity (Wildman–Crippen MR) is 121 cm³/mol. The Morgan fingerprint density at radius 1 is 0.909 bits per heavy atom. The number of para-hydroxylation sites is 1. The highest BCUT2D eigenvalue weighted by Crippen LogP contribution is 2.26. The van der Waals surface area contributed by atoms with Gasteiger partial charge >= 0.3 is 0 Å². The van der Waals surface area contributed by atoms with E-state index in [0.717, 1.165) is 23.4 Å². The molecule has 0 spiro atoms. The first-order valence-electron chi connectivity index (χ1n) is 10.1. The van der Waals surface area contributed by atoms with Crippen molar-refractivity contribution in [2.45, 2.75) is 25.3 Å². The Labute approximate surface area is 190 Å². The molecule has 6 nitrogen and oxygen atoms in total. The molecular weight excluding hydrogens is 448 g/mol. The molecule has 0 saturated carbocycles. The van der Waals surface area contributed by atoms with Crippen LogP contribution in [0, 0.1) is 25.5 Å². The van der Waals surface area contributed by atoms with E-state index in [-0.39, 0.29) is 10.6 Å². The van der Waals surface area contributed by atoms with Gasteiger partial charge in [0.15, 0.2) is 11.6 Å². The van der Waals surface area contributed by atoms with Gasteiger partial charge in [0.05, 0.1) is 28.5 Å². The van der Waals surface area contributed by atoms with Crippen molar-refractivity contribution < 1.29 is 21.9 Å². The Morgan fingerprint density at radius 3 is 2.36 bits per heavy atom. The summed E-state index contributed by atoms with van der Waals surface area (Å²) in [5.41, 5.74) is 2.23. The van der Waals surface area contributed by atoms with E-state index in [1.165, 1.54) is 0 Å². The van der Waals surface area contributed by atoms with Gasteiger partial charge in [0.2, 0.25) is 0 Å². The van der Waals surface area contributed by atoms with Crippen molar-refractivity contribution in [1.29, 1.82) is 0 Å². The summed E-state index contributed by atoms with van der Waals surface area (Å²) >= 11 is 0. The van der Waals surface area contributed by atoms with Crippen molar-refractivity contribution in [3.05, 3.63) is 101 Å². The summed E-state index contributed by atoms with van der Waals surface area (Å²) in [6, 6.07) is 19.3. The topological polar surface area (TPSA) is 73.2 Å². The van der Waals surface area contributed by atoms with E-state index in [9.17, 15) is 17.2 Å². The fraction of sp³-hybridized carbons (Fsp3) is 0.125. The second-order valence-electron chi connectivity index (χ2n) is 7.45. The van der Waals surface area contributed by atoms with Crippen LogP contribution in [0.1, 0.15) is 17.0 Å². The third kappa shape index (κ3) is 5.04. The first-order chi connectivity index (χ1) is 15.7. The number of nitrogens with zero attached hydrogens (tertiary/aromatic N) is 2. The average molecular weight is 470 g/mol. The molecule has 0 aliphatic heterocycles. The number of sulfonamides is 1. The molecule has 1 aromatic heterocycles. The summed E-state index contributed by atoms with van der Waals surface area (Å²) in [7, 11) is -4.13. The minimum absolute atomic E-state index is 0.288.